The van der Waals surface area contributed by atoms with E-state index >= 15 is 0 Å². The zero-order chi connectivity index (χ0) is 11.4. The van der Waals surface area contributed by atoms with Gasteiger partial charge in [-0.05, 0) is 38.3 Å². The van der Waals surface area contributed by atoms with Crippen LogP contribution in [0.25, 0.3) is 10.9 Å². The average molecular weight is 203 g/mol. The van der Waals surface area contributed by atoms with E-state index in [1.54, 1.807) is 0 Å². The summed E-state index contributed by atoms with van der Waals surface area (Å²) in [5, 5.41) is 1.34. The first kappa shape index (κ1) is 11.8. The Hall–Kier alpha value is -1.24. The minimum atomic E-state index is 0.542. The van der Waals surface area contributed by atoms with Crippen LogP contribution in [-0.2, 0) is 0 Å². The van der Waals surface area contributed by atoms with Crippen LogP contribution in [0.3, 0.4) is 0 Å². The molecule has 0 spiro atoms. The fourth-order valence-electron chi connectivity index (χ4n) is 2.00. The van der Waals surface area contributed by atoms with Gasteiger partial charge < -0.3 is 4.57 Å². The second kappa shape index (κ2) is 5.01. The lowest BCUT2D eigenvalue weighted by atomic mass is 10.2. The Morgan fingerprint density at radius 1 is 1.07 bits per heavy atom. The van der Waals surface area contributed by atoms with Crippen molar-refractivity contribution in [2.75, 3.05) is 0 Å². The predicted molar refractivity (Wildman–Crippen MR) is 68.4 cm³/mol. The standard InChI is InChI=1S/C12H15N.C2H6/c1-9(2)13-10(3)8-11-6-4-5-7-12(11)13;1-2/h4-9H,1-3H3;1-2H3. The van der Waals surface area contributed by atoms with Crippen LogP contribution in [0.4, 0.5) is 0 Å². The molecule has 1 aromatic heterocycles. The Morgan fingerprint density at radius 3 is 2.27 bits per heavy atom. The lowest BCUT2D eigenvalue weighted by Gasteiger charge is -2.11. The molecule has 0 radical (unpaired) electrons. The third-order valence-electron chi connectivity index (χ3n) is 2.46. The van der Waals surface area contributed by atoms with Gasteiger partial charge in [-0.3, -0.25) is 0 Å². The molecule has 2 rings (SSSR count). The van der Waals surface area contributed by atoms with Gasteiger partial charge in [-0.1, -0.05) is 32.0 Å². The maximum atomic E-state index is 2.37. The van der Waals surface area contributed by atoms with Gasteiger partial charge in [-0.15, -0.1) is 0 Å². The zero-order valence-electron chi connectivity index (χ0n) is 10.4. The number of para-hydroxylation sites is 1. The van der Waals surface area contributed by atoms with Crippen LogP contribution in [0.2, 0.25) is 0 Å². The Labute approximate surface area is 92.7 Å². The average Bonchev–Trinajstić information content (AvgIpc) is 2.56. The molecule has 0 aliphatic rings. The summed E-state index contributed by atoms with van der Waals surface area (Å²) in [7, 11) is 0. The number of hydrogen-bond acceptors (Lipinski definition) is 0. The molecule has 0 N–H and O–H groups in total. The number of hydrogen-bond donors (Lipinski definition) is 0. The Morgan fingerprint density at radius 2 is 1.67 bits per heavy atom. The molecule has 0 fully saturated rings. The van der Waals surface area contributed by atoms with Gasteiger partial charge in [0, 0.05) is 17.3 Å². The van der Waals surface area contributed by atoms with Crippen molar-refractivity contribution in [2.24, 2.45) is 0 Å². The minimum Gasteiger partial charge on any atom is -0.342 e. The van der Waals surface area contributed by atoms with Crippen molar-refractivity contribution in [3.8, 4) is 0 Å². The van der Waals surface area contributed by atoms with E-state index in [1.807, 2.05) is 13.8 Å². The summed E-state index contributed by atoms with van der Waals surface area (Å²) in [6.07, 6.45) is 0. The van der Waals surface area contributed by atoms with Gasteiger partial charge in [0.15, 0.2) is 0 Å². The van der Waals surface area contributed by atoms with Crippen LogP contribution in [0, 0.1) is 6.92 Å². The SMILES string of the molecule is CC.Cc1cc2ccccc2n1C(C)C. The second-order valence-electron chi connectivity index (χ2n) is 3.81. The molecule has 0 atom stereocenters. The molecule has 0 bridgehead atoms. The van der Waals surface area contributed by atoms with Crippen LogP contribution < -0.4 is 0 Å². The van der Waals surface area contributed by atoms with Crippen LogP contribution in [-0.4, -0.2) is 4.57 Å². The van der Waals surface area contributed by atoms with Gasteiger partial charge in [0.25, 0.3) is 0 Å². The fourth-order valence-corrected chi connectivity index (χ4v) is 2.00. The lowest BCUT2D eigenvalue weighted by molar-refractivity contribution is 0.608. The van der Waals surface area contributed by atoms with Crippen LogP contribution >= 0.6 is 0 Å². The van der Waals surface area contributed by atoms with Crippen molar-refractivity contribution < 1.29 is 0 Å². The minimum absolute atomic E-state index is 0.542. The van der Waals surface area contributed by atoms with Crippen molar-refractivity contribution in [1.82, 2.24) is 4.57 Å². The largest absolute Gasteiger partial charge is 0.342 e. The lowest BCUT2D eigenvalue weighted by Crippen LogP contribution is -2.01. The van der Waals surface area contributed by atoms with E-state index in [9.17, 15) is 0 Å². The number of aryl methyl sites for hydroxylation is 1. The van der Waals surface area contributed by atoms with Crippen LogP contribution in [0.1, 0.15) is 39.4 Å². The first-order chi connectivity index (χ1) is 7.20. The topological polar surface area (TPSA) is 4.93 Å². The number of benzene rings is 1. The van der Waals surface area contributed by atoms with Crippen LogP contribution in [0.5, 0.6) is 0 Å². The zero-order valence-corrected chi connectivity index (χ0v) is 10.4. The molecule has 1 aromatic carbocycles. The molecule has 1 heteroatoms. The van der Waals surface area contributed by atoms with Crippen molar-refractivity contribution in [3.05, 3.63) is 36.0 Å². The molecule has 0 amide bonds. The van der Waals surface area contributed by atoms with E-state index in [2.05, 4.69) is 55.7 Å². The molecule has 0 saturated carbocycles. The van der Waals surface area contributed by atoms with E-state index < -0.39 is 0 Å². The Balaban J connectivity index is 0.000000531. The predicted octanol–water partition coefficient (Wildman–Crippen LogP) is 4.56. The fraction of sp³-hybridized carbons (Fsp3) is 0.429. The first-order valence-electron chi connectivity index (χ1n) is 5.76. The van der Waals surface area contributed by atoms with Crippen molar-refractivity contribution in [1.29, 1.82) is 0 Å². The molecule has 0 aliphatic carbocycles. The molecule has 15 heavy (non-hydrogen) atoms. The number of rotatable bonds is 1. The molecule has 2 aromatic rings. The molecule has 0 saturated heterocycles. The van der Waals surface area contributed by atoms with E-state index in [4.69, 9.17) is 0 Å². The highest BCUT2D eigenvalue weighted by molar-refractivity contribution is 5.81. The summed E-state index contributed by atoms with van der Waals surface area (Å²) in [6.45, 7) is 10.6. The van der Waals surface area contributed by atoms with E-state index in [0.29, 0.717) is 6.04 Å². The normalized spacial score (nSPS) is 10.3. The third kappa shape index (κ3) is 2.23. The summed E-state index contributed by atoms with van der Waals surface area (Å²) in [5.74, 6) is 0. The van der Waals surface area contributed by atoms with Gasteiger partial charge >= 0.3 is 0 Å². The number of aromatic nitrogens is 1. The Kier molecular flexibility index (Phi) is 3.96. The molecular formula is C14H21N. The van der Waals surface area contributed by atoms with Gasteiger partial charge in [-0.2, -0.15) is 0 Å². The van der Waals surface area contributed by atoms with E-state index in [-0.39, 0.29) is 0 Å². The molecule has 82 valence electrons. The maximum absolute atomic E-state index is 2.37. The highest BCUT2D eigenvalue weighted by Gasteiger charge is 2.06. The molecule has 0 unspecified atom stereocenters. The molecule has 0 aliphatic heterocycles. The first-order valence-corrected chi connectivity index (χ1v) is 5.76. The Bertz CT molecular complexity index is 424. The van der Waals surface area contributed by atoms with Gasteiger partial charge in [0.2, 0.25) is 0 Å². The summed E-state index contributed by atoms with van der Waals surface area (Å²) in [4.78, 5) is 0. The highest BCUT2D eigenvalue weighted by atomic mass is 15.0. The van der Waals surface area contributed by atoms with Crippen molar-refractivity contribution in [2.45, 2.75) is 40.7 Å². The summed E-state index contributed by atoms with van der Waals surface area (Å²) in [6, 6.07) is 11.3. The second-order valence-corrected chi connectivity index (χ2v) is 3.81. The number of nitrogens with zero attached hydrogens (tertiary/aromatic N) is 1. The molecule has 1 nitrogen and oxygen atoms in total. The summed E-state index contributed by atoms with van der Waals surface area (Å²) >= 11 is 0. The van der Waals surface area contributed by atoms with Crippen molar-refractivity contribution in [3.63, 3.8) is 0 Å². The quantitative estimate of drug-likeness (QED) is 0.640. The van der Waals surface area contributed by atoms with Crippen LogP contribution in [0.15, 0.2) is 30.3 Å². The third-order valence-corrected chi connectivity index (χ3v) is 2.46. The summed E-state index contributed by atoms with van der Waals surface area (Å²) < 4.78 is 2.37. The molecule has 1 heterocycles. The van der Waals surface area contributed by atoms with E-state index in [1.165, 1.54) is 16.6 Å². The summed E-state index contributed by atoms with van der Waals surface area (Å²) in [5.41, 5.74) is 2.69. The molecular weight excluding hydrogens is 182 g/mol. The maximum Gasteiger partial charge on any atom is 0.0484 e. The van der Waals surface area contributed by atoms with Gasteiger partial charge in [0.1, 0.15) is 0 Å². The smallest absolute Gasteiger partial charge is 0.0484 e. The number of fused-ring (bicyclic) bond motifs is 1. The monoisotopic (exact) mass is 203 g/mol. The van der Waals surface area contributed by atoms with Crippen molar-refractivity contribution >= 4 is 10.9 Å². The van der Waals surface area contributed by atoms with E-state index in [0.717, 1.165) is 0 Å². The van der Waals surface area contributed by atoms with Gasteiger partial charge in [0.05, 0.1) is 0 Å². The highest BCUT2D eigenvalue weighted by Crippen LogP contribution is 2.22. The van der Waals surface area contributed by atoms with Gasteiger partial charge in [-0.25, -0.2) is 0 Å².